The second kappa shape index (κ2) is 5.43. The molecule has 1 fully saturated rings. The number of hydrogen-bond donors (Lipinski definition) is 1. The van der Waals surface area contributed by atoms with Crippen molar-refractivity contribution in [3.63, 3.8) is 0 Å². The van der Waals surface area contributed by atoms with Gasteiger partial charge in [-0.15, -0.1) is 0 Å². The minimum absolute atomic E-state index is 0.0331. The van der Waals surface area contributed by atoms with E-state index in [9.17, 15) is 4.39 Å². The number of hydrogen-bond acceptors (Lipinski definition) is 4. The molecule has 5 heteroatoms. The third-order valence-corrected chi connectivity index (χ3v) is 3.93. The average molecular weight is 266 g/mol. The van der Waals surface area contributed by atoms with Crippen molar-refractivity contribution in [1.82, 2.24) is 15.2 Å². The van der Waals surface area contributed by atoms with E-state index in [1.807, 2.05) is 7.05 Å². The normalized spacial score (nSPS) is 19.7. The van der Waals surface area contributed by atoms with Crippen LogP contribution >= 0.6 is 0 Å². The Morgan fingerprint density at radius 1 is 1.42 bits per heavy atom. The highest BCUT2D eigenvalue weighted by Gasteiger charge is 2.32. The fourth-order valence-electron chi connectivity index (χ4n) is 2.44. The van der Waals surface area contributed by atoms with Gasteiger partial charge in [0.15, 0.2) is 11.6 Å². The molecule has 1 aliphatic rings. The summed E-state index contributed by atoms with van der Waals surface area (Å²) in [5, 5.41) is 2.98. The van der Waals surface area contributed by atoms with Crippen LogP contribution < -0.4 is 10.2 Å². The van der Waals surface area contributed by atoms with Crippen LogP contribution in [0.25, 0.3) is 0 Å². The zero-order valence-electron chi connectivity index (χ0n) is 12.2. The van der Waals surface area contributed by atoms with Crippen LogP contribution in [0.2, 0.25) is 0 Å². The first-order chi connectivity index (χ1) is 8.95. The van der Waals surface area contributed by atoms with E-state index >= 15 is 0 Å². The maximum Gasteiger partial charge on any atom is 0.170 e. The van der Waals surface area contributed by atoms with Gasteiger partial charge in [0, 0.05) is 43.5 Å². The molecule has 1 aromatic heterocycles. The first kappa shape index (κ1) is 14.2. The highest BCUT2D eigenvalue weighted by molar-refractivity contribution is 5.44. The Bertz CT molecular complexity index is 447. The summed E-state index contributed by atoms with van der Waals surface area (Å²) in [6.07, 6.45) is 1.69. The first-order valence-corrected chi connectivity index (χ1v) is 6.70. The Kier molecular flexibility index (Phi) is 4.06. The van der Waals surface area contributed by atoms with Crippen LogP contribution in [0.15, 0.2) is 12.3 Å². The van der Waals surface area contributed by atoms with E-state index in [4.69, 9.17) is 0 Å². The fraction of sp³-hybridized carbons (Fsp3) is 0.643. The van der Waals surface area contributed by atoms with Crippen molar-refractivity contribution in [2.75, 3.05) is 38.6 Å². The summed E-state index contributed by atoms with van der Waals surface area (Å²) in [6, 6.07) is 1.73. The quantitative estimate of drug-likeness (QED) is 0.898. The molecule has 2 heterocycles. The van der Waals surface area contributed by atoms with Crippen molar-refractivity contribution in [3.8, 4) is 0 Å². The SMILES string of the molecule is CNCc1ccnc(N2CCN(C)C(C)(C)C2)c1F. The number of likely N-dealkylation sites (N-methyl/N-ethyl adjacent to an activating group) is 1. The Labute approximate surface area is 114 Å². The number of aromatic nitrogens is 1. The molecule has 0 amide bonds. The number of nitrogens with zero attached hydrogens (tertiary/aromatic N) is 3. The summed E-state index contributed by atoms with van der Waals surface area (Å²) >= 11 is 0. The van der Waals surface area contributed by atoms with Gasteiger partial charge in [0.05, 0.1) is 0 Å². The summed E-state index contributed by atoms with van der Waals surface area (Å²) in [4.78, 5) is 8.59. The van der Waals surface area contributed by atoms with Crippen molar-refractivity contribution < 1.29 is 4.39 Å². The lowest BCUT2D eigenvalue weighted by molar-refractivity contribution is 0.138. The van der Waals surface area contributed by atoms with Gasteiger partial charge in [-0.1, -0.05) is 0 Å². The molecule has 0 radical (unpaired) electrons. The van der Waals surface area contributed by atoms with Crippen molar-refractivity contribution in [2.24, 2.45) is 0 Å². The third-order valence-electron chi connectivity index (χ3n) is 3.93. The standard InChI is InChI=1S/C14H23FN4/c1-14(2)10-19(8-7-18(14)4)13-12(15)11(9-16-3)5-6-17-13/h5-6,16H,7-10H2,1-4H3. The number of halogens is 1. The molecule has 1 aromatic rings. The van der Waals surface area contributed by atoms with Gasteiger partial charge in [-0.05, 0) is 34.0 Å². The van der Waals surface area contributed by atoms with E-state index in [1.165, 1.54) is 0 Å². The van der Waals surface area contributed by atoms with Gasteiger partial charge in [-0.25, -0.2) is 9.37 Å². The van der Waals surface area contributed by atoms with Gasteiger partial charge in [-0.3, -0.25) is 4.90 Å². The average Bonchev–Trinajstić information content (AvgIpc) is 2.36. The molecule has 0 bridgehead atoms. The second-order valence-electron chi connectivity index (χ2n) is 5.79. The zero-order chi connectivity index (χ0) is 14.0. The van der Waals surface area contributed by atoms with Crippen LogP contribution in [0.3, 0.4) is 0 Å². The van der Waals surface area contributed by atoms with Crippen LogP contribution in [0.1, 0.15) is 19.4 Å². The predicted octanol–water partition coefficient (Wildman–Crippen LogP) is 1.47. The summed E-state index contributed by atoms with van der Waals surface area (Å²) in [6.45, 7) is 7.40. The molecule has 0 spiro atoms. The zero-order valence-corrected chi connectivity index (χ0v) is 12.2. The van der Waals surface area contributed by atoms with Crippen LogP contribution in [0.4, 0.5) is 10.2 Å². The van der Waals surface area contributed by atoms with Crippen molar-refractivity contribution in [3.05, 3.63) is 23.6 Å². The number of pyridine rings is 1. The molecule has 0 saturated carbocycles. The highest BCUT2D eigenvalue weighted by Crippen LogP contribution is 2.26. The Balaban J connectivity index is 2.25. The van der Waals surface area contributed by atoms with E-state index in [1.54, 1.807) is 12.3 Å². The Hall–Kier alpha value is -1.20. The van der Waals surface area contributed by atoms with E-state index in [0.717, 1.165) is 19.6 Å². The second-order valence-corrected chi connectivity index (χ2v) is 5.79. The smallest absolute Gasteiger partial charge is 0.170 e. The number of nitrogens with one attached hydrogen (secondary N) is 1. The Morgan fingerprint density at radius 2 is 2.16 bits per heavy atom. The monoisotopic (exact) mass is 266 g/mol. The third kappa shape index (κ3) is 2.87. The van der Waals surface area contributed by atoms with Gasteiger partial charge in [0.25, 0.3) is 0 Å². The lowest BCUT2D eigenvalue weighted by atomic mass is 9.99. The molecule has 2 rings (SSSR count). The van der Waals surface area contributed by atoms with Gasteiger partial charge in [-0.2, -0.15) is 0 Å². The molecular weight excluding hydrogens is 243 g/mol. The van der Waals surface area contributed by atoms with Crippen molar-refractivity contribution >= 4 is 5.82 Å². The molecule has 1 aliphatic heterocycles. The molecule has 19 heavy (non-hydrogen) atoms. The number of anilines is 1. The molecular formula is C14H23FN4. The van der Waals surface area contributed by atoms with Gasteiger partial charge >= 0.3 is 0 Å². The molecule has 0 unspecified atom stereocenters. The largest absolute Gasteiger partial charge is 0.351 e. The first-order valence-electron chi connectivity index (χ1n) is 6.70. The lowest BCUT2D eigenvalue weighted by Gasteiger charge is -2.45. The summed E-state index contributed by atoms with van der Waals surface area (Å²) < 4.78 is 14.4. The molecule has 0 aromatic carbocycles. The van der Waals surface area contributed by atoms with Crippen LogP contribution in [-0.4, -0.2) is 49.2 Å². The molecule has 4 nitrogen and oxygen atoms in total. The van der Waals surface area contributed by atoms with E-state index in [2.05, 4.69) is 41.0 Å². The lowest BCUT2D eigenvalue weighted by Crippen LogP contribution is -2.58. The maximum atomic E-state index is 14.4. The van der Waals surface area contributed by atoms with E-state index in [0.29, 0.717) is 17.9 Å². The van der Waals surface area contributed by atoms with Gasteiger partial charge in [0.2, 0.25) is 0 Å². The molecule has 1 saturated heterocycles. The summed E-state index contributed by atoms with van der Waals surface area (Å²) in [7, 11) is 3.93. The molecule has 1 N–H and O–H groups in total. The highest BCUT2D eigenvalue weighted by atomic mass is 19.1. The molecule has 106 valence electrons. The molecule has 0 aliphatic carbocycles. The topological polar surface area (TPSA) is 31.4 Å². The van der Waals surface area contributed by atoms with Gasteiger partial charge in [0.1, 0.15) is 0 Å². The summed E-state index contributed by atoms with van der Waals surface area (Å²) in [5.74, 6) is 0.283. The van der Waals surface area contributed by atoms with Gasteiger partial charge < -0.3 is 10.2 Å². The predicted molar refractivity (Wildman–Crippen MR) is 75.9 cm³/mol. The van der Waals surface area contributed by atoms with E-state index in [-0.39, 0.29) is 11.4 Å². The van der Waals surface area contributed by atoms with Crippen LogP contribution in [-0.2, 0) is 6.54 Å². The minimum Gasteiger partial charge on any atom is -0.351 e. The summed E-state index contributed by atoms with van der Waals surface area (Å²) in [5.41, 5.74) is 0.704. The van der Waals surface area contributed by atoms with Crippen molar-refractivity contribution in [2.45, 2.75) is 25.9 Å². The Morgan fingerprint density at radius 3 is 2.79 bits per heavy atom. The van der Waals surface area contributed by atoms with Crippen LogP contribution in [0.5, 0.6) is 0 Å². The van der Waals surface area contributed by atoms with E-state index < -0.39 is 0 Å². The fourth-order valence-corrected chi connectivity index (χ4v) is 2.44. The van der Waals surface area contributed by atoms with Crippen molar-refractivity contribution in [1.29, 1.82) is 0 Å². The maximum absolute atomic E-state index is 14.4. The number of piperazine rings is 1. The molecule has 0 atom stereocenters. The van der Waals surface area contributed by atoms with Crippen LogP contribution in [0, 0.1) is 5.82 Å². The number of rotatable bonds is 3. The minimum atomic E-state index is -0.197.